The van der Waals surface area contributed by atoms with E-state index >= 15 is 0 Å². The number of rotatable bonds is 28. The van der Waals surface area contributed by atoms with E-state index in [0.717, 1.165) is 118 Å². The summed E-state index contributed by atoms with van der Waals surface area (Å²) in [5.74, 6) is 2.41. The zero-order valence-electron chi connectivity index (χ0n) is 56.8. The predicted octanol–water partition coefficient (Wildman–Crippen LogP) is 19.0. The number of anilines is 8. The fourth-order valence-corrected chi connectivity index (χ4v) is 11.7. The predicted molar refractivity (Wildman–Crippen MR) is 391 cm³/mol. The summed E-state index contributed by atoms with van der Waals surface area (Å²) in [7, 11) is 0. The Hall–Kier alpha value is -10.0. The largest absolute Gasteiger partial charge is 0.493 e. The molecule has 8 amide bonds. The van der Waals surface area contributed by atoms with Crippen molar-refractivity contribution in [1.29, 1.82) is 0 Å². The van der Waals surface area contributed by atoms with Crippen molar-refractivity contribution in [3.8, 4) is 23.0 Å². The lowest BCUT2D eigenvalue weighted by atomic mass is 9.90. The van der Waals surface area contributed by atoms with Crippen LogP contribution in [0.15, 0.2) is 146 Å². The lowest BCUT2D eigenvalue weighted by Gasteiger charge is -2.25. The molecule has 0 atom stereocenters. The second-order valence-corrected chi connectivity index (χ2v) is 25.0. The molecule has 0 aromatic heterocycles. The van der Waals surface area contributed by atoms with E-state index in [1.165, 1.54) is 0 Å². The van der Waals surface area contributed by atoms with E-state index in [1.54, 1.807) is 0 Å². The van der Waals surface area contributed by atoms with Crippen LogP contribution >= 0.6 is 0 Å². The van der Waals surface area contributed by atoms with Crippen LogP contribution in [0.2, 0.25) is 0 Å². The Morgan fingerprint density at radius 3 is 0.708 bits per heavy atom. The maximum absolute atomic E-state index is 14.3. The topological polar surface area (TPSA) is 227 Å². The number of amides is 8. The number of carbonyl (C=O) groups is 4. The summed E-state index contributed by atoms with van der Waals surface area (Å²) in [6.45, 7) is 16.4. The summed E-state index contributed by atoms with van der Waals surface area (Å²) in [4.78, 5) is 57.1. The van der Waals surface area contributed by atoms with Crippen molar-refractivity contribution in [3.63, 3.8) is 0 Å². The Bertz CT molecular complexity index is 3740. The molecule has 0 aliphatic heterocycles. The lowest BCUT2D eigenvalue weighted by Crippen LogP contribution is -2.21. The van der Waals surface area contributed by atoms with Gasteiger partial charge in [-0.1, -0.05) is 130 Å². The van der Waals surface area contributed by atoms with Gasteiger partial charge in [0.05, 0.1) is 26.4 Å². The molecule has 0 saturated carbocycles. The number of fused-ring (bicyclic) bond motifs is 8. The molecule has 0 unspecified atom stereocenters. The van der Waals surface area contributed by atoms with Gasteiger partial charge in [0.2, 0.25) is 0 Å². The molecule has 0 heterocycles. The van der Waals surface area contributed by atoms with Gasteiger partial charge in [-0.15, -0.1) is 0 Å². The number of nitrogens with two attached hydrogens (primary N) is 1. The highest BCUT2D eigenvalue weighted by Crippen LogP contribution is 2.43. The maximum Gasteiger partial charge on any atom is 0.323 e. The average Bonchev–Trinajstić information content (AvgIpc) is 0.782. The van der Waals surface area contributed by atoms with Crippen LogP contribution in [-0.4, -0.2) is 57.1 Å². The monoisotopic (exact) mass is 1300 g/mol. The molecule has 0 radical (unpaired) electrons. The summed E-state index contributed by atoms with van der Waals surface area (Å²) in [6.07, 6.45) is 11.3. The van der Waals surface area contributed by atoms with Crippen molar-refractivity contribution in [2.45, 2.75) is 145 Å². The molecule has 0 saturated heterocycles. The maximum atomic E-state index is 14.3. The minimum Gasteiger partial charge on any atom is -0.493 e. The second-order valence-electron chi connectivity index (χ2n) is 25.0. The van der Waals surface area contributed by atoms with Crippen LogP contribution in [0.5, 0.6) is 23.0 Å². The molecule has 0 spiro atoms. The third-order valence-electron chi connectivity index (χ3n) is 16.5. The number of carbonyl (C=O) groups excluding carboxylic acids is 4. The number of ether oxygens (including phenoxy) is 4. The highest BCUT2D eigenvalue weighted by atomic mass is 16.5. The van der Waals surface area contributed by atoms with Gasteiger partial charge in [-0.25, -0.2) is 19.2 Å². The Morgan fingerprint density at radius 1 is 0.292 bits per heavy atom. The molecule has 10 N–H and O–H groups in total. The zero-order valence-corrected chi connectivity index (χ0v) is 56.8. The number of aryl methyl sites for hydroxylation is 4. The third kappa shape index (κ3) is 21.0. The van der Waals surface area contributed by atoms with Crippen molar-refractivity contribution < 1.29 is 38.1 Å². The third-order valence-corrected chi connectivity index (χ3v) is 16.5. The van der Waals surface area contributed by atoms with Crippen molar-refractivity contribution in [2.24, 2.45) is 5.73 Å². The summed E-state index contributed by atoms with van der Waals surface area (Å²) < 4.78 is 28.1. The smallest absolute Gasteiger partial charge is 0.323 e. The Labute approximate surface area is 566 Å². The van der Waals surface area contributed by atoms with Gasteiger partial charge in [0.1, 0.15) is 23.0 Å². The Morgan fingerprint density at radius 2 is 0.490 bits per heavy atom. The van der Waals surface area contributed by atoms with Crippen LogP contribution in [0.25, 0.3) is 0 Å². The number of hydrogen-bond acceptors (Lipinski definition) is 9. The van der Waals surface area contributed by atoms with E-state index in [1.807, 2.05) is 173 Å². The highest BCUT2D eigenvalue weighted by molar-refractivity contribution is 6.02. The Balaban J connectivity index is 1.27. The molecule has 8 aromatic rings. The normalized spacial score (nSPS) is 11.6. The van der Waals surface area contributed by atoms with Gasteiger partial charge in [0.25, 0.3) is 0 Å². The van der Waals surface area contributed by atoms with Crippen molar-refractivity contribution >= 4 is 69.6 Å². The number of urea groups is 4. The molecule has 504 valence electrons. The molecular weight excluding hydrogens is 1200 g/mol. The average molecular weight is 1300 g/mol. The first kappa shape index (κ1) is 70.3. The van der Waals surface area contributed by atoms with E-state index in [0.29, 0.717) is 121 Å². The molecular formula is C79H95N9O8. The fourth-order valence-electron chi connectivity index (χ4n) is 11.7. The van der Waals surface area contributed by atoms with Gasteiger partial charge in [0.15, 0.2) is 0 Å². The van der Waals surface area contributed by atoms with Crippen molar-refractivity contribution in [2.75, 3.05) is 75.5 Å². The standard InChI is InChI=1S/C79H95N9O8/c1-8-36-93-72-56-40-58-46-69(86-77(90)82-65-29-21-53(5)22-30-65)48-60(73(58)94-37-9-2)42-62-50-71(88-79(92)84-67-33-25-55(7)26-34-67)51-63(75(62)96-39-18-16-14-12-11-13-15-17-35-80)43-61-49-70(87-78(91)83-66-31-23-54(6)24-32-66)47-59(74(61)95-38-10-3)41-57(72)45-68(44-56)85-76(89)81-64-27-19-52(4)20-28-64/h19-34,44-51H,8-18,35-43,80H2,1-7H3,(H2,81,85,89)(H2,82,86,90)(H2,83,87,91)(H2,84,88,92). The zero-order chi connectivity index (χ0) is 67.8. The molecule has 0 fully saturated rings. The van der Waals surface area contributed by atoms with Crippen LogP contribution in [0, 0.1) is 27.7 Å². The fraction of sp³-hybridized carbons (Fsp3) is 0.342. The van der Waals surface area contributed by atoms with Crippen LogP contribution in [0.3, 0.4) is 0 Å². The summed E-state index contributed by atoms with van der Waals surface area (Å²) in [5, 5.41) is 24.8. The molecule has 17 nitrogen and oxygen atoms in total. The van der Waals surface area contributed by atoms with Crippen LogP contribution in [-0.2, 0) is 25.7 Å². The molecule has 17 heteroatoms. The van der Waals surface area contributed by atoms with Gasteiger partial charge in [-0.05, 0) is 163 Å². The summed E-state index contributed by atoms with van der Waals surface area (Å²) in [5.41, 5.74) is 20.3. The Kier molecular flexibility index (Phi) is 26.0. The number of benzene rings is 8. The van der Waals surface area contributed by atoms with Crippen LogP contribution < -0.4 is 67.2 Å². The minimum atomic E-state index is -0.449. The van der Waals surface area contributed by atoms with E-state index in [-0.39, 0.29) is 25.7 Å². The molecule has 8 aromatic carbocycles. The molecule has 1 aliphatic rings. The van der Waals surface area contributed by atoms with E-state index in [4.69, 9.17) is 24.7 Å². The van der Waals surface area contributed by atoms with Gasteiger partial charge >= 0.3 is 24.1 Å². The van der Waals surface area contributed by atoms with Crippen molar-refractivity contribution in [1.82, 2.24) is 0 Å². The number of hydrogen-bond donors (Lipinski definition) is 9. The molecule has 1 aliphatic carbocycles. The van der Waals surface area contributed by atoms with Crippen LogP contribution in [0.1, 0.15) is 158 Å². The van der Waals surface area contributed by atoms with Gasteiger partial charge in [-0.2, -0.15) is 0 Å². The van der Waals surface area contributed by atoms with Crippen molar-refractivity contribution in [3.05, 3.63) is 212 Å². The SMILES string of the molecule is CCCOc1c2cc(NC(=O)Nc3ccc(C)cc3)cc1Cc1cc(NC(=O)Nc3ccc(C)cc3)cc(c1OCCC)Cc1cc(NC(=O)Nc3ccc(C)cc3)cc(c1OCCCCCCCCCCN)Cc1cc(NC(=O)Nc3ccc(C)cc3)cc(c1OCCC)C2. The van der Waals surface area contributed by atoms with Gasteiger partial charge < -0.3 is 67.2 Å². The van der Waals surface area contributed by atoms with Gasteiger partial charge in [0, 0.05) is 116 Å². The minimum absolute atomic E-state index is 0.204. The number of unbranched alkanes of at least 4 members (excludes halogenated alkanes) is 7. The first-order chi connectivity index (χ1) is 46.6. The van der Waals surface area contributed by atoms with E-state index in [9.17, 15) is 19.2 Å². The quantitative estimate of drug-likeness (QED) is 0.0212. The molecule has 8 bridgehead atoms. The van der Waals surface area contributed by atoms with Crippen LogP contribution in [0.4, 0.5) is 64.7 Å². The van der Waals surface area contributed by atoms with E-state index < -0.39 is 24.1 Å². The molecule has 9 rings (SSSR count). The lowest BCUT2D eigenvalue weighted by molar-refractivity contribution is 0.261. The second kappa shape index (κ2) is 35.5. The van der Waals surface area contributed by atoms with E-state index in [2.05, 4.69) is 63.3 Å². The summed E-state index contributed by atoms with van der Waals surface area (Å²) in [6, 6.07) is 44.2. The van der Waals surface area contributed by atoms with Gasteiger partial charge in [-0.3, -0.25) is 0 Å². The first-order valence-corrected chi connectivity index (χ1v) is 34.0. The molecule has 96 heavy (non-hydrogen) atoms. The first-order valence-electron chi connectivity index (χ1n) is 34.0. The summed E-state index contributed by atoms with van der Waals surface area (Å²) >= 11 is 0. The number of nitrogens with one attached hydrogen (secondary N) is 8. The highest BCUT2D eigenvalue weighted by Gasteiger charge is 2.26.